The molecule has 0 atom stereocenters. The van der Waals surface area contributed by atoms with Gasteiger partial charge in [0.25, 0.3) is 0 Å². The lowest BCUT2D eigenvalue weighted by atomic mass is 10.1. The zero-order valence-electron chi connectivity index (χ0n) is 10.6. The summed E-state index contributed by atoms with van der Waals surface area (Å²) >= 11 is 3.52. The number of nitrogens with zero attached hydrogens (tertiary/aromatic N) is 2. The molecular weight excluding hydrogens is 312 g/mol. The standard InChI is InChI=1S/C17H11BrN2/c18-14-5-3-6-15(10-14)20-17-13(11-19-20)9-8-12-4-1-2-7-16(12)17/h1-11H. The van der Waals surface area contributed by atoms with Crippen LogP contribution in [0.3, 0.4) is 0 Å². The van der Waals surface area contributed by atoms with Crippen molar-refractivity contribution in [2.75, 3.05) is 0 Å². The Hall–Kier alpha value is -2.13. The predicted octanol–water partition coefficient (Wildman–Crippen LogP) is 4.94. The molecule has 4 rings (SSSR count). The molecule has 0 saturated carbocycles. The van der Waals surface area contributed by atoms with Gasteiger partial charge in [-0.2, -0.15) is 5.10 Å². The van der Waals surface area contributed by atoms with E-state index in [9.17, 15) is 0 Å². The number of benzene rings is 3. The molecule has 2 nitrogen and oxygen atoms in total. The van der Waals surface area contributed by atoms with E-state index in [4.69, 9.17) is 0 Å². The second-order valence-electron chi connectivity index (χ2n) is 4.76. The van der Waals surface area contributed by atoms with Gasteiger partial charge in [-0.3, -0.25) is 0 Å². The molecule has 0 bridgehead atoms. The highest BCUT2D eigenvalue weighted by molar-refractivity contribution is 9.10. The minimum atomic E-state index is 1.05. The number of hydrogen-bond donors (Lipinski definition) is 0. The van der Waals surface area contributed by atoms with Gasteiger partial charge in [-0.15, -0.1) is 0 Å². The summed E-state index contributed by atoms with van der Waals surface area (Å²) in [6, 6.07) is 20.9. The van der Waals surface area contributed by atoms with Crippen LogP contribution in [0.4, 0.5) is 0 Å². The molecule has 96 valence electrons. The van der Waals surface area contributed by atoms with Gasteiger partial charge in [-0.05, 0) is 23.6 Å². The molecule has 0 N–H and O–H groups in total. The molecule has 1 heterocycles. The minimum Gasteiger partial charge on any atom is -0.232 e. The molecular formula is C17H11BrN2. The van der Waals surface area contributed by atoms with Crippen LogP contribution in [0.25, 0.3) is 27.4 Å². The normalized spacial score (nSPS) is 11.2. The number of halogens is 1. The van der Waals surface area contributed by atoms with E-state index < -0.39 is 0 Å². The minimum absolute atomic E-state index is 1.05. The van der Waals surface area contributed by atoms with Crippen LogP contribution in [0.15, 0.2) is 71.3 Å². The summed E-state index contributed by atoms with van der Waals surface area (Å²) in [6.07, 6.45) is 1.92. The van der Waals surface area contributed by atoms with Crippen LogP contribution in [0.2, 0.25) is 0 Å². The highest BCUT2D eigenvalue weighted by atomic mass is 79.9. The first-order valence-electron chi connectivity index (χ1n) is 6.44. The monoisotopic (exact) mass is 322 g/mol. The van der Waals surface area contributed by atoms with Gasteiger partial charge in [-0.25, -0.2) is 4.68 Å². The van der Waals surface area contributed by atoms with Crippen LogP contribution in [0.5, 0.6) is 0 Å². The summed E-state index contributed by atoms with van der Waals surface area (Å²) in [7, 11) is 0. The Bertz CT molecular complexity index is 924. The molecule has 0 aliphatic rings. The van der Waals surface area contributed by atoms with E-state index in [2.05, 4.69) is 69.6 Å². The van der Waals surface area contributed by atoms with Crippen molar-refractivity contribution in [1.29, 1.82) is 0 Å². The van der Waals surface area contributed by atoms with Crippen molar-refractivity contribution in [3.63, 3.8) is 0 Å². The van der Waals surface area contributed by atoms with Crippen molar-refractivity contribution in [3.8, 4) is 5.69 Å². The Balaban J connectivity index is 2.12. The van der Waals surface area contributed by atoms with E-state index in [1.54, 1.807) is 0 Å². The maximum Gasteiger partial charge on any atom is 0.0819 e. The fourth-order valence-corrected chi connectivity index (χ4v) is 2.98. The second-order valence-corrected chi connectivity index (χ2v) is 5.68. The summed E-state index contributed by atoms with van der Waals surface area (Å²) in [4.78, 5) is 0. The molecule has 20 heavy (non-hydrogen) atoms. The lowest BCUT2D eigenvalue weighted by Crippen LogP contribution is -1.96. The molecule has 0 amide bonds. The smallest absolute Gasteiger partial charge is 0.0819 e. The summed E-state index contributed by atoms with van der Waals surface area (Å²) < 4.78 is 3.06. The summed E-state index contributed by atoms with van der Waals surface area (Å²) in [5.74, 6) is 0. The number of hydrogen-bond acceptors (Lipinski definition) is 1. The van der Waals surface area contributed by atoms with Crippen molar-refractivity contribution in [3.05, 3.63) is 71.3 Å². The van der Waals surface area contributed by atoms with Gasteiger partial charge in [0, 0.05) is 15.2 Å². The van der Waals surface area contributed by atoms with Gasteiger partial charge in [0.2, 0.25) is 0 Å². The first kappa shape index (κ1) is 11.7. The fourth-order valence-electron chi connectivity index (χ4n) is 2.59. The van der Waals surface area contributed by atoms with Crippen molar-refractivity contribution in [2.24, 2.45) is 0 Å². The van der Waals surface area contributed by atoms with Crippen LogP contribution in [0.1, 0.15) is 0 Å². The van der Waals surface area contributed by atoms with Crippen LogP contribution in [-0.2, 0) is 0 Å². The highest BCUT2D eigenvalue weighted by Crippen LogP contribution is 2.27. The number of aromatic nitrogens is 2. The topological polar surface area (TPSA) is 17.8 Å². The summed E-state index contributed by atoms with van der Waals surface area (Å²) in [6.45, 7) is 0. The van der Waals surface area contributed by atoms with Crippen LogP contribution >= 0.6 is 15.9 Å². The van der Waals surface area contributed by atoms with E-state index in [-0.39, 0.29) is 0 Å². The molecule has 0 spiro atoms. The molecule has 0 fully saturated rings. The summed E-state index contributed by atoms with van der Waals surface area (Å²) in [5, 5.41) is 8.17. The quantitative estimate of drug-likeness (QED) is 0.485. The first-order valence-corrected chi connectivity index (χ1v) is 7.24. The van der Waals surface area contributed by atoms with Gasteiger partial charge in [0.05, 0.1) is 17.4 Å². The third-order valence-corrected chi connectivity index (χ3v) is 4.00. The van der Waals surface area contributed by atoms with Crippen molar-refractivity contribution in [2.45, 2.75) is 0 Å². The summed E-state index contributed by atoms with van der Waals surface area (Å²) in [5.41, 5.74) is 2.21. The zero-order valence-corrected chi connectivity index (χ0v) is 12.2. The molecule has 3 aromatic carbocycles. The molecule has 0 saturated heterocycles. The van der Waals surface area contributed by atoms with Gasteiger partial charge in [-0.1, -0.05) is 58.4 Å². The Morgan fingerprint density at radius 3 is 2.60 bits per heavy atom. The number of fused-ring (bicyclic) bond motifs is 3. The fraction of sp³-hybridized carbons (Fsp3) is 0. The molecule has 0 aliphatic carbocycles. The third-order valence-electron chi connectivity index (χ3n) is 3.51. The molecule has 0 aliphatic heterocycles. The van der Waals surface area contributed by atoms with Gasteiger partial charge in [0.15, 0.2) is 0 Å². The van der Waals surface area contributed by atoms with E-state index in [0.29, 0.717) is 0 Å². The van der Waals surface area contributed by atoms with Crippen LogP contribution in [0, 0.1) is 0 Å². The van der Waals surface area contributed by atoms with Crippen molar-refractivity contribution < 1.29 is 0 Å². The van der Waals surface area contributed by atoms with E-state index in [1.165, 1.54) is 10.8 Å². The van der Waals surface area contributed by atoms with Crippen LogP contribution in [-0.4, -0.2) is 9.78 Å². The van der Waals surface area contributed by atoms with Crippen LogP contribution < -0.4 is 0 Å². The molecule has 0 unspecified atom stereocenters. The highest BCUT2D eigenvalue weighted by Gasteiger charge is 2.08. The van der Waals surface area contributed by atoms with E-state index >= 15 is 0 Å². The maximum atomic E-state index is 4.55. The Morgan fingerprint density at radius 1 is 0.850 bits per heavy atom. The van der Waals surface area contributed by atoms with Gasteiger partial charge in [0.1, 0.15) is 0 Å². The molecule has 3 heteroatoms. The third kappa shape index (κ3) is 1.74. The predicted molar refractivity (Wildman–Crippen MR) is 86.3 cm³/mol. The Kier molecular flexibility index (Phi) is 2.60. The van der Waals surface area contributed by atoms with E-state index in [0.717, 1.165) is 21.1 Å². The number of rotatable bonds is 1. The molecule has 4 aromatic rings. The second kappa shape index (κ2) is 4.46. The molecule has 0 radical (unpaired) electrons. The lowest BCUT2D eigenvalue weighted by molar-refractivity contribution is 0.912. The van der Waals surface area contributed by atoms with E-state index in [1.807, 2.05) is 23.0 Å². The largest absolute Gasteiger partial charge is 0.232 e. The first-order chi connectivity index (χ1) is 9.83. The average Bonchev–Trinajstić information content (AvgIpc) is 2.91. The Morgan fingerprint density at radius 2 is 1.70 bits per heavy atom. The maximum absolute atomic E-state index is 4.55. The Labute approximate surface area is 124 Å². The zero-order chi connectivity index (χ0) is 13.5. The molecule has 1 aromatic heterocycles. The SMILES string of the molecule is Brc1cccc(-n2ncc3ccc4ccccc4c32)c1. The van der Waals surface area contributed by atoms with Gasteiger partial charge >= 0.3 is 0 Å². The van der Waals surface area contributed by atoms with Crippen molar-refractivity contribution in [1.82, 2.24) is 9.78 Å². The van der Waals surface area contributed by atoms with Crippen molar-refractivity contribution >= 4 is 37.6 Å². The van der Waals surface area contributed by atoms with Gasteiger partial charge < -0.3 is 0 Å². The average molecular weight is 323 g/mol. The lowest BCUT2D eigenvalue weighted by Gasteiger charge is -2.06.